The number of amides is 4. The van der Waals surface area contributed by atoms with E-state index in [0.29, 0.717) is 35.4 Å². The van der Waals surface area contributed by atoms with Gasteiger partial charge in [-0.25, -0.2) is 4.79 Å². The Kier molecular flexibility index (Phi) is 8.07. The zero-order valence-electron chi connectivity index (χ0n) is 24.6. The molecular formula is C33H36ClN5O4S. The molecule has 9 nitrogen and oxygen atoms in total. The molecule has 11 heteroatoms. The lowest BCUT2D eigenvalue weighted by Crippen LogP contribution is -2.62. The smallest absolute Gasteiger partial charge is 0.326 e. The summed E-state index contributed by atoms with van der Waals surface area (Å²) in [5.41, 5.74) is 2.46. The zero-order valence-corrected chi connectivity index (χ0v) is 26.1. The quantitative estimate of drug-likeness (QED) is 0.362. The van der Waals surface area contributed by atoms with E-state index in [-0.39, 0.29) is 46.3 Å². The monoisotopic (exact) mass is 633 g/mol. The molecule has 4 fully saturated rings. The van der Waals surface area contributed by atoms with Gasteiger partial charge in [0.2, 0.25) is 0 Å². The number of nitrogens with zero attached hydrogens (tertiary/aromatic N) is 2. The Labute approximate surface area is 266 Å². The number of halogens is 1. The number of piperidine rings is 2. The predicted molar refractivity (Wildman–Crippen MR) is 171 cm³/mol. The summed E-state index contributed by atoms with van der Waals surface area (Å²) in [6, 6.07) is 14.9. The number of thioether (sulfide) groups is 1. The Bertz CT molecular complexity index is 1540. The number of carbonyl (C=O) groups excluding carboxylic acids is 3. The third-order valence-electron chi connectivity index (χ3n) is 9.01. The van der Waals surface area contributed by atoms with Crippen LogP contribution in [0.15, 0.2) is 70.2 Å². The van der Waals surface area contributed by atoms with Crippen LogP contribution in [0.5, 0.6) is 11.5 Å². The van der Waals surface area contributed by atoms with Crippen LogP contribution < -0.4 is 25.6 Å². The molecule has 3 unspecified atom stereocenters. The third kappa shape index (κ3) is 5.82. The fraction of sp³-hybridized carbons (Fsp3) is 0.424. The first-order chi connectivity index (χ1) is 21.4. The fourth-order valence-electron chi connectivity index (χ4n) is 6.71. The first kappa shape index (κ1) is 29.3. The maximum atomic E-state index is 13.7. The van der Waals surface area contributed by atoms with E-state index < -0.39 is 0 Å². The summed E-state index contributed by atoms with van der Waals surface area (Å²) in [6.45, 7) is 3.78. The lowest BCUT2D eigenvalue weighted by Gasteiger charge is -2.46. The molecule has 3 saturated heterocycles. The van der Waals surface area contributed by atoms with Crippen molar-refractivity contribution in [1.29, 1.82) is 0 Å². The number of benzene rings is 2. The summed E-state index contributed by atoms with van der Waals surface area (Å²) in [4.78, 5) is 44.4. The average Bonchev–Trinajstić information content (AvgIpc) is 3.76. The van der Waals surface area contributed by atoms with E-state index in [1.54, 1.807) is 4.90 Å². The summed E-state index contributed by atoms with van der Waals surface area (Å²) in [7, 11) is 0. The Morgan fingerprint density at radius 3 is 2.68 bits per heavy atom. The molecule has 230 valence electrons. The van der Waals surface area contributed by atoms with Crippen LogP contribution in [0, 0.1) is 18.8 Å². The molecule has 1 saturated carbocycles. The molecule has 5 aliphatic rings. The van der Waals surface area contributed by atoms with Crippen molar-refractivity contribution in [3.8, 4) is 11.5 Å². The van der Waals surface area contributed by atoms with Gasteiger partial charge >= 0.3 is 6.03 Å². The first-order valence-electron chi connectivity index (χ1n) is 15.4. The van der Waals surface area contributed by atoms with Crippen molar-refractivity contribution in [3.63, 3.8) is 0 Å². The summed E-state index contributed by atoms with van der Waals surface area (Å²) in [5.74, 6) is 1.45. The second kappa shape index (κ2) is 12.1. The number of likely N-dealkylation sites (tertiary alicyclic amines) is 1. The number of nitrogens with one attached hydrogen (secondary N) is 3. The molecule has 1 aliphatic carbocycles. The molecule has 2 aromatic rings. The van der Waals surface area contributed by atoms with Crippen LogP contribution in [-0.4, -0.2) is 59.8 Å². The zero-order chi connectivity index (χ0) is 30.4. The highest BCUT2D eigenvalue weighted by Crippen LogP contribution is 2.48. The van der Waals surface area contributed by atoms with Crippen molar-refractivity contribution in [2.75, 3.05) is 24.5 Å². The predicted octanol–water partition coefficient (Wildman–Crippen LogP) is 5.22. The minimum Gasteiger partial charge on any atom is -0.457 e. The Morgan fingerprint density at radius 2 is 1.91 bits per heavy atom. The molecule has 4 atom stereocenters. The Morgan fingerprint density at radius 1 is 1.09 bits per heavy atom. The molecule has 4 heterocycles. The molecule has 4 aliphatic heterocycles. The standard InChI is InChI=1S/C33H36ClN5O4S/c1-19-16-23(43-22-7-3-2-4-8-22)11-12-25(19)39-26-13-14-35-31-27(26)28(37-33(39)42)29(44-31)30(40)36-21-6-5-15-38(18-21)32(41)24(34)17-20-9-10-20/h2-4,7-8,11-12,16-17,20-21,26-27,31,35H,5-6,9-10,13-15,18H2,1H3,(H,36,40)(H,37,42)/b24-17-/t21-,26?,27?,31?/m1/s1. The van der Waals surface area contributed by atoms with Crippen molar-refractivity contribution in [2.45, 2.75) is 56.5 Å². The Balaban J connectivity index is 1.07. The number of rotatable bonds is 7. The summed E-state index contributed by atoms with van der Waals surface area (Å²) >= 11 is 7.80. The van der Waals surface area contributed by atoms with Crippen molar-refractivity contribution < 1.29 is 19.1 Å². The molecular weight excluding hydrogens is 598 g/mol. The molecule has 0 aromatic heterocycles. The fourth-order valence-corrected chi connectivity index (χ4v) is 8.41. The number of ether oxygens (including phenoxy) is 1. The largest absolute Gasteiger partial charge is 0.457 e. The van der Waals surface area contributed by atoms with E-state index in [2.05, 4.69) is 16.0 Å². The van der Waals surface area contributed by atoms with Gasteiger partial charge in [-0.1, -0.05) is 47.6 Å². The van der Waals surface area contributed by atoms with Crippen LogP contribution in [0.2, 0.25) is 0 Å². The molecule has 44 heavy (non-hydrogen) atoms. The van der Waals surface area contributed by atoms with E-state index in [9.17, 15) is 14.4 Å². The minimum atomic E-state index is -0.235. The van der Waals surface area contributed by atoms with E-state index in [1.807, 2.05) is 66.4 Å². The SMILES string of the molecule is Cc1cc(Oc2ccccc2)ccc1N1C(=O)NC2=C(C(=O)N[C@@H]3CCCN(C(=O)/C(Cl)=C/C4CC4)C3)SC3NCCC1C23. The van der Waals surface area contributed by atoms with Crippen molar-refractivity contribution in [3.05, 3.63) is 75.8 Å². The molecule has 0 radical (unpaired) electrons. The van der Waals surface area contributed by atoms with Gasteiger partial charge in [0, 0.05) is 36.4 Å². The molecule has 0 spiro atoms. The molecule has 2 aromatic carbocycles. The van der Waals surface area contributed by atoms with Crippen LogP contribution >= 0.6 is 23.4 Å². The second-order valence-corrected chi connectivity index (χ2v) is 13.8. The van der Waals surface area contributed by atoms with Crippen molar-refractivity contribution >= 4 is 46.9 Å². The van der Waals surface area contributed by atoms with E-state index >= 15 is 0 Å². The van der Waals surface area contributed by atoms with Gasteiger partial charge in [0.25, 0.3) is 11.8 Å². The van der Waals surface area contributed by atoms with Gasteiger partial charge in [0.05, 0.1) is 16.3 Å². The average molecular weight is 634 g/mol. The topological polar surface area (TPSA) is 103 Å². The van der Waals surface area contributed by atoms with Crippen LogP contribution in [-0.2, 0) is 9.59 Å². The molecule has 3 N–H and O–H groups in total. The normalized spacial score (nSPS) is 26.7. The van der Waals surface area contributed by atoms with Gasteiger partial charge in [0.15, 0.2) is 0 Å². The highest BCUT2D eigenvalue weighted by atomic mass is 35.5. The summed E-state index contributed by atoms with van der Waals surface area (Å²) in [6.07, 6.45) is 6.37. The number of allylic oxidation sites excluding steroid dienone is 1. The number of urea groups is 1. The highest BCUT2D eigenvalue weighted by Gasteiger charge is 2.52. The van der Waals surface area contributed by atoms with Crippen LogP contribution in [0.3, 0.4) is 0 Å². The first-order valence-corrected chi connectivity index (χ1v) is 16.7. The summed E-state index contributed by atoms with van der Waals surface area (Å²) < 4.78 is 6.02. The number of anilines is 1. The Hall–Kier alpha value is -3.47. The van der Waals surface area contributed by atoms with Gasteiger partial charge in [-0.2, -0.15) is 0 Å². The lowest BCUT2D eigenvalue weighted by atomic mass is 9.86. The van der Waals surface area contributed by atoms with Crippen LogP contribution in [0.1, 0.15) is 37.7 Å². The molecule has 7 rings (SSSR count). The maximum absolute atomic E-state index is 13.7. The number of carbonyl (C=O) groups is 3. The summed E-state index contributed by atoms with van der Waals surface area (Å²) in [5, 5.41) is 10.1. The minimum absolute atomic E-state index is 0.0237. The maximum Gasteiger partial charge on any atom is 0.326 e. The van der Waals surface area contributed by atoms with Crippen molar-refractivity contribution in [1.82, 2.24) is 20.9 Å². The number of para-hydroxylation sites is 1. The lowest BCUT2D eigenvalue weighted by molar-refractivity contribution is -0.128. The van der Waals surface area contributed by atoms with Gasteiger partial charge in [-0.3, -0.25) is 14.5 Å². The molecule has 4 amide bonds. The number of hydrogen-bond donors (Lipinski definition) is 3. The second-order valence-electron chi connectivity index (χ2n) is 12.2. The van der Waals surface area contributed by atoms with Crippen LogP contribution in [0.4, 0.5) is 10.5 Å². The molecule has 0 bridgehead atoms. The third-order valence-corrected chi connectivity index (χ3v) is 10.6. The van der Waals surface area contributed by atoms with Gasteiger partial charge in [-0.05, 0) is 87.4 Å². The van der Waals surface area contributed by atoms with E-state index in [0.717, 1.165) is 55.6 Å². The van der Waals surface area contributed by atoms with Gasteiger partial charge < -0.3 is 25.6 Å². The van der Waals surface area contributed by atoms with Crippen molar-refractivity contribution in [2.24, 2.45) is 11.8 Å². The van der Waals surface area contributed by atoms with Gasteiger partial charge in [0.1, 0.15) is 16.5 Å². The highest BCUT2D eigenvalue weighted by molar-refractivity contribution is 8.04. The van der Waals surface area contributed by atoms with Gasteiger partial charge in [-0.15, -0.1) is 0 Å². The van der Waals surface area contributed by atoms with E-state index in [1.165, 1.54) is 11.8 Å². The number of hydrogen-bond acceptors (Lipinski definition) is 6. The number of aryl methyl sites for hydroxylation is 1. The van der Waals surface area contributed by atoms with E-state index in [4.69, 9.17) is 16.3 Å². The van der Waals surface area contributed by atoms with Crippen LogP contribution in [0.25, 0.3) is 0 Å².